The number of hydrogen-bond donors (Lipinski definition) is 3. The van der Waals surface area contributed by atoms with Gasteiger partial charge in [0.05, 0.1) is 0 Å². The van der Waals surface area contributed by atoms with E-state index in [0.29, 0.717) is 25.1 Å². The minimum atomic E-state index is -0.0598. The second-order valence-electron chi connectivity index (χ2n) is 5.47. The van der Waals surface area contributed by atoms with Crippen LogP contribution in [0.25, 0.3) is 0 Å². The number of carbonyl (C=O) groups excluding carboxylic acids is 2. The molecule has 1 heterocycles. The van der Waals surface area contributed by atoms with Gasteiger partial charge in [-0.05, 0) is 31.9 Å². The average Bonchev–Trinajstić information content (AvgIpc) is 2.68. The van der Waals surface area contributed by atoms with Crippen molar-refractivity contribution in [1.29, 1.82) is 0 Å². The summed E-state index contributed by atoms with van der Waals surface area (Å²) in [7, 11) is 0. The Morgan fingerprint density at radius 2 is 2.05 bits per heavy atom. The van der Waals surface area contributed by atoms with E-state index in [1.807, 2.05) is 31.2 Å². The number of carbonyl (C=O) groups is 2. The smallest absolute Gasteiger partial charge is 0.251 e. The summed E-state index contributed by atoms with van der Waals surface area (Å²) < 4.78 is 0. The molecule has 1 aliphatic heterocycles. The van der Waals surface area contributed by atoms with Crippen molar-refractivity contribution in [1.82, 2.24) is 16.0 Å². The van der Waals surface area contributed by atoms with Crippen molar-refractivity contribution < 1.29 is 9.59 Å². The van der Waals surface area contributed by atoms with Crippen LogP contribution in [0.15, 0.2) is 24.3 Å². The summed E-state index contributed by atoms with van der Waals surface area (Å²) in [6.07, 6.45) is 2.51. The Kier molecular flexibility index (Phi) is 5.75. The predicted octanol–water partition coefficient (Wildman–Crippen LogP) is 0.983. The minimum absolute atomic E-state index is 0.0598. The molecule has 0 saturated carbocycles. The molecule has 21 heavy (non-hydrogen) atoms. The van der Waals surface area contributed by atoms with Gasteiger partial charge in [-0.1, -0.05) is 17.7 Å². The van der Waals surface area contributed by atoms with Crippen molar-refractivity contribution in [3.05, 3.63) is 35.4 Å². The third-order valence-electron chi connectivity index (χ3n) is 3.64. The zero-order valence-corrected chi connectivity index (χ0v) is 12.4. The van der Waals surface area contributed by atoms with Gasteiger partial charge in [0.25, 0.3) is 5.91 Å². The zero-order chi connectivity index (χ0) is 15.1. The molecule has 0 aromatic heterocycles. The molecule has 1 atom stereocenters. The van der Waals surface area contributed by atoms with Gasteiger partial charge in [0.15, 0.2) is 0 Å². The van der Waals surface area contributed by atoms with E-state index >= 15 is 0 Å². The highest BCUT2D eigenvalue weighted by Crippen LogP contribution is 2.05. The first-order valence-corrected chi connectivity index (χ1v) is 7.50. The van der Waals surface area contributed by atoms with Crippen LogP contribution in [-0.2, 0) is 4.79 Å². The Balaban J connectivity index is 1.68. The van der Waals surface area contributed by atoms with Gasteiger partial charge in [-0.25, -0.2) is 0 Å². The molecule has 1 saturated heterocycles. The first-order valence-electron chi connectivity index (χ1n) is 7.50. The SMILES string of the molecule is Cc1ccc(C(=O)NCCNC2CCCNC(=O)C2)cc1. The van der Waals surface area contributed by atoms with Crippen LogP contribution in [0.2, 0.25) is 0 Å². The average molecular weight is 289 g/mol. The third-order valence-corrected chi connectivity index (χ3v) is 3.64. The number of nitrogens with one attached hydrogen (secondary N) is 3. The van der Waals surface area contributed by atoms with E-state index < -0.39 is 0 Å². The van der Waals surface area contributed by atoms with E-state index in [4.69, 9.17) is 0 Å². The first kappa shape index (κ1) is 15.5. The maximum Gasteiger partial charge on any atom is 0.251 e. The van der Waals surface area contributed by atoms with Gasteiger partial charge in [0.1, 0.15) is 0 Å². The van der Waals surface area contributed by atoms with Crippen molar-refractivity contribution in [2.75, 3.05) is 19.6 Å². The van der Waals surface area contributed by atoms with Gasteiger partial charge in [-0.15, -0.1) is 0 Å². The van der Waals surface area contributed by atoms with Crippen LogP contribution in [0.3, 0.4) is 0 Å². The molecular weight excluding hydrogens is 266 g/mol. The van der Waals surface area contributed by atoms with Gasteiger partial charge in [-0.2, -0.15) is 0 Å². The summed E-state index contributed by atoms with van der Waals surface area (Å²) in [5.74, 6) is 0.0455. The second-order valence-corrected chi connectivity index (χ2v) is 5.47. The largest absolute Gasteiger partial charge is 0.356 e. The van der Waals surface area contributed by atoms with Crippen LogP contribution in [0.1, 0.15) is 35.2 Å². The number of hydrogen-bond acceptors (Lipinski definition) is 3. The van der Waals surface area contributed by atoms with Crippen molar-refractivity contribution in [3.63, 3.8) is 0 Å². The lowest BCUT2D eigenvalue weighted by Gasteiger charge is -2.15. The number of rotatable bonds is 5. The van der Waals surface area contributed by atoms with Crippen LogP contribution >= 0.6 is 0 Å². The summed E-state index contributed by atoms with van der Waals surface area (Å²) in [6.45, 7) is 4.00. The third kappa shape index (κ3) is 5.19. The monoisotopic (exact) mass is 289 g/mol. The Morgan fingerprint density at radius 3 is 2.81 bits per heavy atom. The number of aryl methyl sites for hydroxylation is 1. The van der Waals surface area contributed by atoms with Gasteiger partial charge in [-0.3, -0.25) is 9.59 Å². The molecule has 1 aromatic carbocycles. The topological polar surface area (TPSA) is 70.2 Å². The molecule has 5 heteroatoms. The van der Waals surface area contributed by atoms with E-state index in [9.17, 15) is 9.59 Å². The van der Waals surface area contributed by atoms with E-state index in [0.717, 1.165) is 24.9 Å². The van der Waals surface area contributed by atoms with Gasteiger partial charge in [0.2, 0.25) is 5.91 Å². The van der Waals surface area contributed by atoms with Gasteiger partial charge < -0.3 is 16.0 Å². The molecule has 1 aromatic rings. The molecule has 0 bridgehead atoms. The van der Waals surface area contributed by atoms with E-state index in [2.05, 4.69) is 16.0 Å². The lowest BCUT2D eigenvalue weighted by molar-refractivity contribution is -0.121. The fourth-order valence-electron chi connectivity index (χ4n) is 2.41. The van der Waals surface area contributed by atoms with Crippen molar-refractivity contribution >= 4 is 11.8 Å². The summed E-state index contributed by atoms with van der Waals surface area (Å²) in [6, 6.07) is 7.72. The number of amides is 2. The lowest BCUT2D eigenvalue weighted by atomic mass is 10.1. The minimum Gasteiger partial charge on any atom is -0.356 e. The van der Waals surface area contributed by atoms with Gasteiger partial charge in [0, 0.05) is 37.7 Å². The lowest BCUT2D eigenvalue weighted by Crippen LogP contribution is -2.38. The zero-order valence-electron chi connectivity index (χ0n) is 12.4. The number of benzene rings is 1. The molecular formula is C16H23N3O2. The summed E-state index contributed by atoms with van der Waals surface area (Å²) in [4.78, 5) is 23.3. The first-order chi connectivity index (χ1) is 10.1. The normalized spacial score (nSPS) is 18.7. The second kappa shape index (κ2) is 7.78. The van der Waals surface area contributed by atoms with Crippen LogP contribution < -0.4 is 16.0 Å². The van der Waals surface area contributed by atoms with Crippen molar-refractivity contribution in [2.24, 2.45) is 0 Å². The Hall–Kier alpha value is -1.88. The molecule has 0 aliphatic carbocycles. The van der Waals surface area contributed by atoms with Gasteiger partial charge >= 0.3 is 0 Å². The van der Waals surface area contributed by atoms with Crippen molar-refractivity contribution in [2.45, 2.75) is 32.2 Å². The Morgan fingerprint density at radius 1 is 1.29 bits per heavy atom. The summed E-state index contributed by atoms with van der Waals surface area (Å²) in [5, 5.41) is 9.08. The molecule has 114 valence electrons. The standard InChI is InChI=1S/C16H23N3O2/c1-12-4-6-13(7-5-12)16(21)19-10-9-17-14-3-2-8-18-15(20)11-14/h4-7,14,17H,2-3,8-11H2,1H3,(H,18,20)(H,19,21). The summed E-state index contributed by atoms with van der Waals surface area (Å²) in [5.41, 5.74) is 1.81. The molecule has 0 spiro atoms. The molecule has 2 amide bonds. The highest BCUT2D eigenvalue weighted by molar-refractivity contribution is 5.94. The molecule has 1 unspecified atom stereocenters. The molecule has 1 fully saturated rings. The molecule has 2 rings (SSSR count). The van der Waals surface area contributed by atoms with Crippen LogP contribution in [0, 0.1) is 6.92 Å². The highest BCUT2D eigenvalue weighted by Gasteiger charge is 2.16. The predicted molar refractivity (Wildman–Crippen MR) is 82.2 cm³/mol. The Bertz CT molecular complexity index is 485. The van der Waals surface area contributed by atoms with Crippen LogP contribution in [0.4, 0.5) is 0 Å². The highest BCUT2D eigenvalue weighted by atomic mass is 16.2. The van der Waals surface area contributed by atoms with E-state index in [-0.39, 0.29) is 17.9 Å². The molecule has 5 nitrogen and oxygen atoms in total. The summed E-state index contributed by atoms with van der Waals surface area (Å²) >= 11 is 0. The van der Waals surface area contributed by atoms with E-state index in [1.54, 1.807) is 0 Å². The quantitative estimate of drug-likeness (QED) is 0.708. The fourth-order valence-corrected chi connectivity index (χ4v) is 2.41. The van der Waals surface area contributed by atoms with Crippen molar-refractivity contribution in [3.8, 4) is 0 Å². The van der Waals surface area contributed by atoms with E-state index in [1.165, 1.54) is 0 Å². The van der Waals surface area contributed by atoms with Crippen LogP contribution in [0.5, 0.6) is 0 Å². The molecule has 1 aliphatic rings. The van der Waals surface area contributed by atoms with Crippen LogP contribution in [-0.4, -0.2) is 37.5 Å². The molecule has 0 radical (unpaired) electrons. The maximum atomic E-state index is 11.9. The fraction of sp³-hybridized carbons (Fsp3) is 0.500. The Labute approximate surface area is 125 Å². The maximum absolute atomic E-state index is 11.9. The molecule has 3 N–H and O–H groups in total.